The van der Waals surface area contributed by atoms with E-state index in [4.69, 9.17) is 11.6 Å². The minimum atomic E-state index is -3.31. The van der Waals surface area contributed by atoms with E-state index in [2.05, 4.69) is 10.3 Å². The van der Waals surface area contributed by atoms with Gasteiger partial charge in [0.2, 0.25) is 0 Å². The molecule has 0 aliphatic rings. The largest absolute Gasteiger partial charge is 0.322 e. The number of sulfone groups is 1. The first-order valence-corrected chi connectivity index (χ1v) is 7.86. The van der Waals surface area contributed by atoms with Crippen molar-refractivity contribution in [1.29, 1.82) is 0 Å². The first kappa shape index (κ1) is 14.5. The average molecular weight is 311 g/mol. The fraction of sp³-hybridized carbons (Fsp3) is 0.0769. The van der Waals surface area contributed by atoms with Crippen LogP contribution in [0.1, 0.15) is 10.4 Å². The number of nitrogens with one attached hydrogen (secondary N) is 1. The van der Waals surface area contributed by atoms with Gasteiger partial charge in [0.25, 0.3) is 5.91 Å². The van der Waals surface area contributed by atoms with E-state index in [1.54, 1.807) is 12.1 Å². The number of hydrogen-bond acceptors (Lipinski definition) is 4. The number of rotatable bonds is 3. The molecule has 2 aromatic rings. The molecule has 0 aliphatic carbocycles. The van der Waals surface area contributed by atoms with Crippen LogP contribution < -0.4 is 5.32 Å². The van der Waals surface area contributed by atoms with Crippen LogP contribution in [0, 0.1) is 0 Å². The van der Waals surface area contributed by atoms with E-state index < -0.39 is 9.84 Å². The summed E-state index contributed by atoms with van der Waals surface area (Å²) in [5.41, 5.74) is 0.729. The third kappa shape index (κ3) is 3.55. The Morgan fingerprint density at radius 2 is 2.00 bits per heavy atom. The van der Waals surface area contributed by atoms with E-state index in [-0.39, 0.29) is 10.8 Å². The number of carbonyl (C=O) groups excluding carboxylic acids is 1. The van der Waals surface area contributed by atoms with E-state index in [0.29, 0.717) is 16.4 Å². The molecule has 0 unspecified atom stereocenters. The minimum absolute atomic E-state index is 0.143. The summed E-state index contributed by atoms with van der Waals surface area (Å²) in [5, 5.41) is 2.90. The third-order valence-electron chi connectivity index (χ3n) is 2.51. The van der Waals surface area contributed by atoms with Crippen LogP contribution in [-0.2, 0) is 9.84 Å². The van der Waals surface area contributed by atoms with Gasteiger partial charge < -0.3 is 5.32 Å². The number of halogens is 1. The van der Waals surface area contributed by atoms with Crippen molar-refractivity contribution in [3.8, 4) is 0 Å². The molecule has 2 rings (SSSR count). The molecule has 1 N–H and O–H groups in total. The Bertz CT molecular complexity index is 742. The minimum Gasteiger partial charge on any atom is -0.322 e. The Hall–Kier alpha value is -1.92. The van der Waals surface area contributed by atoms with Crippen LogP contribution in [-0.4, -0.2) is 25.6 Å². The van der Waals surface area contributed by atoms with Gasteiger partial charge in [-0.3, -0.25) is 4.79 Å². The highest BCUT2D eigenvalue weighted by Gasteiger charge is 2.10. The quantitative estimate of drug-likeness (QED) is 0.883. The zero-order chi connectivity index (χ0) is 14.8. The summed E-state index contributed by atoms with van der Waals surface area (Å²) in [4.78, 5) is 15.9. The van der Waals surface area contributed by atoms with Gasteiger partial charge in [0, 0.05) is 18.1 Å². The second-order valence-corrected chi connectivity index (χ2v) is 6.53. The molecule has 0 saturated heterocycles. The molecule has 7 heteroatoms. The number of amides is 1. The predicted molar refractivity (Wildman–Crippen MR) is 76.8 cm³/mol. The highest BCUT2D eigenvalue weighted by molar-refractivity contribution is 7.90. The Morgan fingerprint density at radius 1 is 1.25 bits per heavy atom. The maximum atomic E-state index is 11.9. The standard InChI is InChI=1S/C13H11ClN2O3S/c1-20(18,19)11-4-2-3-10(7-11)16-13(17)9-5-6-12(14)15-8-9/h2-8H,1H3,(H,16,17). The Labute approximate surface area is 121 Å². The van der Waals surface area contributed by atoms with Crippen molar-refractivity contribution in [3.63, 3.8) is 0 Å². The van der Waals surface area contributed by atoms with Crippen molar-refractivity contribution in [2.45, 2.75) is 4.90 Å². The third-order valence-corrected chi connectivity index (χ3v) is 3.84. The van der Waals surface area contributed by atoms with Gasteiger partial charge in [0.05, 0.1) is 10.5 Å². The summed E-state index contributed by atoms with van der Waals surface area (Å²) >= 11 is 5.64. The van der Waals surface area contributed by atoms with Crippen LogP contribution in [0.3, 0.4) is 0 Å². The Morgan fingerprint density at radius 3 is 2.60 bits per heavy atom. The molecule has 5 nitrogen and oxygen atoms in total. The van der Waals surface area contributed by atoms with Gasteiger partial charge in [0.15, 0.2) is 9.84 Å². The van der Waals surface area contributed by atoms with E-state index in [1.165, 1.54) is 30.5 Å². The molecule has 0 bridgehead atoms. The summed E-state index contributed by atoms with van der Waals surface area (Å²) in [6.45, 7) is 0. The predicted octanol–water partition coefficient (Wildman–Crippen LogP) is 2.39. The van der Waals surface area contributed by atoms with Crippen molar-refractivity contribution in [3.05, 3.63) is 53.3 Å². The Balaban J connectivity index is 2.22. The Kier molecular flexibility index (Phi) is 4.06. The maximum absolute atomic E-state index is 11.9. The lowest BCUT2D eigenvalue weighted by molar-refractivity contribution is 0.102. The average Bonchev–Trinajstić information content (AvgIpc) is 2.38. The molecule has 1 aromatic carbocycles. The van der Waals surface area contributed by atoms with Crippen molar-refractivity contribution < 1.29 is 13.2 Å². The molecular weight excluding hydrogens is 300 g/mol. The summed E-state index contributed by atoms with van der Waals surface area (Å²) in [6, 6.07) is 9.07. The second kappa shape index (κ2) is 5.60. The van der Waals surface area contributed by atoms with Crippen LogP contribution >= 0.6 is 11.6 Å². The number of aromatic nitrogens is 1. The lowest BCUT2D eigenvalue weighted by Gasteiger charge is -2.06. The zero-order valence-corrected chi connectivity index (χ0v) is 12.1. The molecule has 0 atom stereocenters. The van der Waals surface area contributed by atoms with E-state index in [0.717, 1.165) is 6.26 Å². The molecule has 1 amide bonds. The lowest BCUT2D eigenvalue weighted by Crippen LogP contribution is -2.12. The van der Waals surface area contributed by atoms with Crippen LogP contribution in [0.2, 0.25) is 5.15 Å². The lowest BCUT2D eigenvalue weighted by atomic mass is 10.2. The van der Waals surface area contributed by atoms with Gasteiger partial charge in [-0.15, -0.1) is 0 Å². The fourth-order valence-corrected chi connectivity index (χ4v) is 2.30. The fourth-order valence-electron chi connectivity index (χ4n) is 1.52. The van der Waals surface area contributed by atoms with Crippen molar-refractivity contribution in [2.24, 2.45) is 0 Å². The van der Waals surface area contributed by atoms with Gasteiger partial charge in [0.1, 0.15) is 5.15 Å². The molecule has 20 heavy (non-hydrogen) atoms. The number of nitrogens with zero attached hydrogens (tertiary/aromatic N) is 1. The van der Waals surface area contributed by atoms with Crippen LogP contribution in [0.5, 0.6) is 0 Å². The van der Waals surface area contributed by atoms with Crippen LogP contribution in [0.15, 0.2) is 47.5 Å². The summed E-state index contributed by atoms with van der Waals surface area (Å²) in [6.07, 6.45) is 2.45. The van der Waals surface area contributed by atoms with Crippen LogP contribution in [0.4, 0.5) is 5.69 Å². The number of carbonyl (C=O) groups is 1. The van der Waals surface area contributed by atoms with E-state index in [1.807, 2.05) is 0 Å². The molecule has 0 fully saturated rings. The van der Waals surface area contributed by atoms with E-state index in [9.17, 15) is 13.2 Å². The molecule has 0 saturated carbocycles. The van der Waals surface area contributed by atoms with Gasteiger partial charge >= 0.3 is 0 Å². The topological polar surface area (TPSA) is 76.1 Å². The molecule has 0 radical (unpaired) electrons. The normalized spacial score (nSPS) is 11.1. The van der Waals surface area contributed by atoms with Gasteiger partial charge in [-0.25, -0.2) is 13.4 Å². The molecule has 0 spiro atoms. The number of hydrogen-bond donors (Lipinski definition) is 1. The number of pyridine rings is 1. The molecule has 0 aliphatic heterocycles. The van der Waals surface area contributed by atoms with E-state index >= 15 is 0 Å². The maximum Gasteiger partial charge on any atom is 0.257 e. The molecule has 1 heterocycles. The van der Waals surface area contributed by atoms with Crippen molar-refractivity contribution in [1.82, 2.24) is 4.98 Å². The second-order valence-electron chi connectivity index (χ2n) is 4.12. The highest BCUT2D eigenvalue weighted by Crippen LogP contribution is 2.16. The molecular formula is C13H11ClN2O3S. The number of anilines is 1. The molecule has 104 valence electrons. The van der Waals surface area contributed by atoms with Gasteiger partial charge in [-0.2, -0.15) is 0 Å². The summed E-state index contributed by atoms with van der Waals surface area (Å²) < 4.78 is 22.9. The van der Waals surface area contributed by atoms with Gasteiger partial charge in [-0.1, -0.05) is 17.7 Å². The SMILES string of the molecule is CS(=O)(=O)c1cccc(NC(=O)c2ccc(Cl)nc2)c1. The summed E-state index contributed by atoms with van der Waals surface area (Å²) in [7, 11) is -3.31. The summed E-state index contributed by atoms with van der Waals surface area (Å²) in [5.74, 6) is -0.389. The first-order chi connectivity index (χ1) is 9.36. The smallest absolute Gasteiger partial charge is 0.257 e. The van der Waals surface area contributed by atoms with Crippen molar-refractivity contribution in [2.75, 3.05) is 11.6 Å². The number of benzene rings is 1. The molecule has 1 aromatic heterocycles. The zero-order valence-electron chi connectivity index (χ0n) is 10.5. The van der Waals surface area contributed by atoms with Crippen molar-refractivity contribution >= 4 is 33.0 Å². The van der Waals surface area contributed by atoms with Crippen LogP contribution in [0.25, 0.3) is 0 Å². The monoisotopic (exact) mass is 310 g/mol. The highest BCUT2D eigenvalue weighted by atomic mass is 35.5. The van der Waals surface area contributed by atoms with Gasteiger partial charge in [-0.05, 0) is 30.3 Å². The first-order valence-electron chi connectivity index (χ1n) is 5.59.